The lowest BCUT2D eigenvalue weighted by molar-refractivity contribution is -0.116. The van der Waals surface area contributed by atoms with Crippen LogP contribution in [0.2, 0.25) is 0 Å². The molecular formula is C17H19BrN2O3. The molecule has 0 fully saturated rings. The summed E-state index contributed by atoms with van der Waals surface area (Å²) in [5.41, 5.74) is 1.58. The highest BCUT2D eigenvalue weighted by atomic mass is 79.9. The molecule has 0 aliphatic carbocycles. The lowest BCUT2D eigenvalue weighted by Crippen LogP contribution is -2.16. The van der Waals surface area contributed by atoms with Crippen molar-refractivity contribution in [1.82, 2.24) is 0 Å². The predicted octanol–water partition coefficient (Wildman–Crippen LogP) is 3.91. The molecule has 23 heavy (non-hydrogen) atoms. The van der Waals surface area contributed by atoms with Gasteiger partial charge in [-0.2, -0.15) is 0 Å². The molecule has 2 aromatic carbocycles. The molecule has 1 amide bonds. The van der Waals surface area contributed by atoms with E-state index in [1.165, 1.54) is 0 Å². The molecule has 0 saturated heterocycles. The Labute approximate surface area is 144 Å². The molecule has 0 spiro atoms. The zero-order chi connectivity index (χ0) is 16.7. The third-order valence-electron chi connectivity index (χ3n) is 3.22. The van der Waals surface area contributed by atoms with Gasteiger partial charge in [-0.25, -0.2) is 0 Å². The van der Waals surface area contributed by atoms with E-state index in [4.69, 9.17) is 9.47 Å². The number of hydrogen-bond donors (Lipinski definition) is 2. The van der Waals surface area contributed by atoms with Gasteiger partial charge in [-0.15, -0.1) is 0 Å². The first-order valence-corrected chi connectivity index (χ1v) is 7.93. The van der Waals surface area contributed by atoms with Crippen LogP contribution in [0, 0.1) is 0 Å². The van der Waals surface area contributed by atoms with Crippen molar-refractivity contribution in [2.75, 3.05) is 31.4 Å². The number of nitrogens with one attached hydrogen (secondary N) is 2. The first kappa shape index (κ1) is 17.1. The number of methoxy groups -OCH3 is 2. The standard InChI is InChI=1S/C17H19BrN2O3/c1-22-12-7-8-15(16(11-12)23-2)20-17(21)9-10-19-14-6-4-3-5-13(14)18/h3-8,11,19H,9-10H2,1-2H3,(H,20,21). The minimum absolute atomic E-state index is 0.0898. The van der Waals surface area contributed by atoms with Crippen molar-refractivity contribution in [2.24, 2.45) is 0 Å². The zero-order valence-electron chi connectivity index (χ0n) is 13.1. The molecule has 0 bridgehead atoms. The molecule has 5 nitrogen and oxygen atoms in total. The molecule has 0 radical (unpaired) electrons. The monoisotopic (exact) mass is 378 g/mol. The average Bonchev–Trinajstić information content (AvgIpc) is 2.57. The molecule has 0 saturated carbocycles. The lowest BCUT2D eigenvalue weighted by Gasteiger charge is -2.12. The smallest absolute Gasteiger partial charge is 0.226 e. The number of carbonyl (C=O) groups excluding carboxylic acids is 1. The molecule has 2 N–H and O–H groups in total. The van der Waals surface area contributed by atoms with Gasteiger partial charge < -0.3 is 20.1 Å². The maximum Gasteiger partial charge on any atom is 0.226 e. The van der Waals surface area contributed by atoms with Gasteiger partial charge in [0.2, 0.25) is 5.91 Å². The summed E-state index contributed by atoms with van der Waals surface area (Å²) in [6.07, 6.45) is 0.344. The lowest BCUT2D eigenvalue weighted by atomic mass is 10.2. The van der Waals surface area contributed by atoms with Crippen molar-refractivity contribution in [3.63, 3.8) is 0 Å². The minimum Gasteiger partial charge on any atom is -0.497 e. The van der Waals surface area contributed by atoms with Gasteiger partial charge in [0.05, 0.1) is 19.9 Å². The van der Waals surface area contributed by atoms with Crippen molar-refractivity contribution in [3.05, 3.63) is 46.9 Å². The van der Waals surface area contributed by atoms with E-state index in [9.17, 15) is 4.79 Å². The first-order chi connectivity index (χ1) is 11.1. The number of rotatable bonds is 7. The molecule has 0 heterocycles. The van der Waals surface area contributed by atoms with Gasteiger partial charge in [0, 0.05) is 29.2 Å². The quantitative estimate of drug-likeness (QED) is 0.766. The molecule has 0 unspecified atom stereocenters. The number of benzene rings is 2. The number of ether oxygens (including phenoxy) is 2. The van der Waals surface area contributed by atoms with E-state index in [-0.39, 0.29) is 5.91 Å². The fraction of sp³-hybridized carbons (Fsp3) is 0.235. The number of anilines is 2. The van der Waals surface area contributed by atoms with Crippen molar-refractivity contribution >= 4 is 33.2 Å². The Hall–Kier alpha value is -2.21. The molecule has 6 heteroatoms. The normalized spacial score (nSPS) is 10.0. The number of carbonyl (C=O) groups is 1. The Morgan fingerprint density at radius 2 is 1.87 bits per heavy atom. The first-order valence-electron chi connectivity index (χ1n) is 7.14. The molecule has 0 aliphatic rings. The Bertz CT molecular complexity index is 677. The summed E-state index contributed by atoms with van der Waals surface area (Å²) in [6, 6.07) is 13.1. The number of hydrogen-bond acceptors (Lipinski definition) is 4. The van der Waals surface area contributed by atoms with Gasteiger partial charge in [-0.3, -0.25) is 4.79 Å². The van der Waals surface area contributed by atoms with Crippen LogP contribution in [-0.4, -0.2) is 26.7 Å². The van der Waals surface area contributed by atoms with E-state index in [1.54, 1.807) is 32.4 Å². The van der Waals surface area contributed by atoms with Crippen molar-refractivity contribution in [1.29, 1.82) is 0 Å². The van der Waals surface area contributed by atoms with Gasteiger partial charge in [0.1, 0.15) is 11.5 Å². The molecule has 2 rings (SSSR count). The maximum absolute atomic E-state index is 12.1. The van der Waals surface area contributed by atoms with Crippen molar-refractivity contribution in [2.45, 2.75) is 6.42 Å². The summed E-state index contributed by atoms with van der Waals surface area (Å²) < 4.78 is 11.4. The molecule has 0 atom stereocenters. The second-order valence-corrected chi connectivity index (χ2v) is 5.63. The summed E-state index contributed by atoms with van der Waals surface area (Å²) in [4.78, 5) is 12.1. The van der Waals surface area contributed by atoms with Crippen LogP contribution in [0.4, 0.5) is 11.4 Å². The molecule has 122 valence electrons. The molecular weight excluding hydrogens is 360 g/mol. The summed E-state index contributed by atoms with van der Waals surface area (Å²) in [6.45, 7) is 0.535. The van der Waals surface area contributed by atoms with Gasteiger partial charge in [-0.1, -0.05) is 12.1 Å². The van der Waals surface area contributed by atoms with E-state index >= 15 is 0 Å². The summed E-state index contributed by atoms with van der Waals surface area (Å²) in [5.74, 6) is 1.15. The third kappa shape index (κ3) is 4.89. The van der Waals surface area contributed by atoms with Gasteiger partial charge in [0.25, 0.3) is 0 Å². The van der Waals surface area contributed by atoms with Gasteiger partial charge >= 0.3 is 0 Å². The topological polar surface area (TPSA) is 59.6 Å². The summed E-state index contributed by atoms with van der Waals surface area (Å²) >= 11 is 3.46. The average molecular weight is 379 g/mol. The van der Waals surface area contributed by atoms with E-state index in [0.29, 0.717) is 30.2 Å². The zero-order valence-corrected chi connectivity index (χ0v) is 14.6. The molecule has 0 aromatic heterocycles. The van der Waals surface area contributed by atoms with Crippen LogP contribution in [-0.2, 0) is 4.79 Å². The van der Waals surface area contributed by atoms with Crippen LogP contribution in [0.25, 0.3) is 0 Å². The van der Waals surface area contributed by atoms with Crippen LogP contribution in [0.3, 0.4) is 0 Å². The number of amides is 1. The van der Waals surface area contributed by atoms with Crippen LogP contribution < -0.4 is 20.1 Å². The van der Waals surface area contributed by atoms with E-state index in [2.05, 4.69) is 26.6 Å². The summed E-state index contributed by atoms with van der Waals surface area (Å²) in [7, 11) is 3.14. The highest BCUT2D eigenvalue weighted by molar-refractivity contribution is 9.10. The van der Waals surface area contributed by atoms with E-state index < -0.39 is 0 Å². The largest absolute Gasteiger partial charge is 0.497 e. The fourth-order valence-electron chi connectivity index (χ4n) is 2.03. The maximum atomic E-state index is 12.1. The Morgan fingerprint density at radius 3 is 2.57 bits per heavy atom. The molecule has 0 aliphatic heterocycles. The highest BCUT2D eigenvalue weighted by Gasteiger charge is 2.09. The summed E-state index contributed by atoms with van der Waals surface area (Å²) in [5, 5.41) is 6.06. The predicted molar refractivity (Wildman–Crippen MR) is 95.4 cm³/mol. The highest BCUT2D eigenvalue weighted by Crippen LogP contribution is 2.29. The van der Waals surface area contributed by atoms with Gasteiger partial charge in [-0.05, 0) is 40.2 Å². The van der Waals surface area contributed by atoms with E-state index in [0.717, 1.165) is 10.2 Å². The fourth-order valence-corrected chi connectivity index (χ4v) is 2.45. The number of halogens is 1. The second-order valence-electron chi connectivity index (χ2n) is 4.77. The van der Waals surface area contributed by atoms with Crippen LogP contribution in [0.15, 0.2) is 46.9 Å². The van der Waals surface area contributed by atoms with Crippen LogP contribution in [0.1, 0.15) is 6.42 Å². The second kappa shape index (κ2) is 8.43. The Morgan fingerprint density at radius 1 is 1.09 bits per heavy atom. The molecule has 2 aromatic rings. The minimum atomic E-state index is -0.0898. The third-order valence-corrected chi connectivity index (χ3v) is 3.92. The van der Waals surface area contributed by atoms with Crippen LogP contribution in [0.5, 0.6) is 11.5 Å². The Kier molecular flexibility index (Phi) is 6.29. The SMILES string of the molecule is COc1ccc(NC(=O)CCNc2ccccc2Br)c(OC)c1. The van der Waals surface area contributed by atoms with Crippen LogP contribution >= 0.6 is 15.9 Å². The van der Waals surface area contributed by atoms with E-state index in [1.807, 2.05) is 24.3 Å². The van der Waals surface area contributed by atoms with Gasteiger partial charge in [0.15, 0.2) is 0 Å². The number of para-hydroxylation sites is 1. The van der Waals surface area contributed by atoms with Crippen molar-refractivity contribution < 1.29 is 14.3 Å². The van der Waals surface area contributed by atoms with Crippen molar-refractivity contribution in [3.8, 4) is 11.5 Å². The Balaban J connectivity index is 1.89.